The Balaban J connectivity index is 0.000000151. The highest BCUT2D eigenvalue weighted by molar-refractivity contribution is 9.10. The summed E-state index contributed by atoms with van der Waals surface area (Å²) in [5.41, 5.74) is 7.75. The van der Waals surface area contributed by atoms with Gasteiger partial charge in [-0.3, -0.25) is 9.59 Å². The Labute approximate surface area is 406 Å². The Morgan fingerprint density at radius 1 is 0.561 bits per heavy atom. The highest BCUT2D eigenvalue weighted by Gasteiger charge is 2.54. The Kier molecular flexibility index (Phi) is 14.0. The molecule has 6 aliphatic rings. The fraction of sp³-hybridized carbons (Fsp3) is 0.423. The molecule has 4 aliphatic heterocycles. The Hall–Kier alpha value is -4.14. The van der Waals surface area contributed by atoms with Gasteiger partial charge < -0.3 is 40.4 Å². The quantitative estimate of drug-likeness (QED) is 0.110. The third kappa shape index (κ3) is 9.49. The van der Waals surface area contributed by atoms with E-state index in [4.69, 9.17) is 42.7 Å². The molecule has 4 aromatic rings. The summed E-state index contributed by atoms with van der Waals surface area (Å²) in [4.78, 5) is 25.9. The first-order valence-corrected chi connectivity index (χ1v) is 24.5. The van der Waals surface area contributed by atoms with Crippen molar-refractivity contribution in [2.75, 3.05) is 13.2 Å². The molecule has 4 heterocycles. The maximum Gasteiger partial charge on any atom is 0.488 e. The number of benzene rings is 4. The number of carbonyl (C=O) groups excluding carboxylic acids is 2. The van der Waals surface area contributed by atoms with Gasteiger partial charge in [-0.25, -0.2) is 0 Å². The molecule has 10 rings (SSSR count). The minimum atomic E-state index is -1.41. The van der Waals surface area contributed by atoms with Crippen molar-refractivity contribution < 1.29 is 39.3 Å². The van der Waals surface area contributed by atoms with E-state index in [1.807, 2.05) is 64.1 Å². The molecule has 0 bridgehead atoms. The molecular weight excluding hydrogens is 942 g/mol. The van der Waals surface area contributed by atoms with E-state index in [1.165, 1.54) is 0 Å². The summed E-state index contributed by atoms with van der Waals surface area (Å²) >= 11 is 15.1. The topological polar surface area (TPSA) is 158 Å². The van der Waals surface area contributed by atoms with Crippen molar-refractivity contribution in [1.82, 2.24) is 10.6 Å². The van der Waals surface area contributed by atoms with Crippen molar-refractivity contribution >= 4 is 74.7 Å². The van der Waals surface area contributed by atoms with E-state index >= 15 is 0 Å². The van der Waals surface area contributed by atoms with Crippen LogP contribution in [0.15, 0.2) is 88.8 Å². The highest BCUT2D eigenvalue weighted by atomic mass is 79.9. The van der Waals surface area contributed by atoms with Crippen LogP contribution in [-0.4, -0.2) is 74.7 Å². The third-order valence-electron chi connectivity index (χ3n) is 14.8. The lowest BCUT2D eigenvalue weighted by Crippen LogP contribution is -2.51. The number of hydrogen-bond donors (Lipinski definition) is 6. The van der Waals surface area contributed by atoms with Crippen molar-refractivity contribution in [1.29, 1.82) is 0 Å². The number of ether oxygens (including phenoxy) is 2. The minimum absolute atomic E-state index is 0.0253. The zero-order valence-electron chi connectivity index (χ0n) is 38.0. The zero-order chi connectivity index (χ0) is 47.2. The largest absolute Gasteiger partial charge is 0.509 e. The van der Waals surface area contributed by atoms with Crippen LogP contribution >= 0.6 is 39.1 Å². The van der Waals surface area contributed by atoms with Gasteiger partial charge in [0, 0.05) is 27.7 Å². The molecule has 4 spiro atoms. The summed E-state index contributed by atoms with van der Waals surface area (Å²) in [6.07, 6.45) is 10.8. The average molecular weight is 1000 g/mol. The third-order valence-corrected chi connectivity index (χ3v) is 15.8. The van der Waals surface area contributed by atoms with Crippen molar-refractivity contribution in [3.05, 3.63) is 132 Å². The zero-order valence-corrected chi connectivity index (χ0v) is 41.1. The van der Waals surface area contributed by atoms with Crippen LogP contribution in [-0.2, 0) is 19.1 Å². The van der Waals surface area contributed by atoms with Crippen LogP contribution in [0.3, 0.4) is 0 Å². The first kappa shape index (κ1) is 48.3. The first-order chi connectivity index (χ1) is 31.4. The summed E-state index contributed by atoms with van der Waals surface area (Å²) in [6.45, 7) is 9.63. The number of hydrogen-bond acceptors (Lipinski definition) is 8. The summed E-state index contributed by atoms with van der Waals surface area (Å²) in [5, 5.41) is 47.2. The van der Waals surface area contributed by atoms with E-state index in [1.54, 1.807) is 24.3 Å². The van der Waals surface area contributed by atoms with Crippen LogP contribution in [0.1, 0.15) is 110 Å². The predicted octanol–water partition coefficient (Wildman–Crippen LogP) is 10.2. The minimum Gasteiger partial charge on any atom is -0.509 e. The Morgan fingerprint density at radius 3 is 1.30 bits per heavy atom. The molecule has 2 aliphatic carbocycles. The van der Waals surface area contributed by atoms with Crippen LogP contribution in [0.5, 0.6) is 0 Å². The van der Waals surface area contributed by atoms with Gasteiger partial charge >= 0.3 is 7.12 Å². The number of nitrogens with one attached hydrogen (secondary N) is 2. The molecule has 6 N–H and O–H groups in total. The molecular formula is C52H58BBrCl2N2O8. The van der Waals surface area contributed by atoms with Gasteiger partial charge in [0.05, 0.1) is 33.4 Å². The lowest BCUT2D eigenvalue weighted by Gasteiger charge is -2.42. The Morgan fingerprint density at radius 2 is 0.939 bits per heavy atom. The van der Waals surface area contributed by atoms with Gasteiger partial charge in [0.15, 0.2) is 0 Å². The molecule has 2 amide bonds. The van der Waals surface area contributed by atoms with E-state index in [9.17, 15) is 19.8 Å². The molecule has 2 saturated carbocycles. The van der Waals surface area contributed by atoms with Crippen molar-refractivity contribution in [2.45, 2.75) is 127 Å². The maximum absolute atomic E-state index is 13.1. The van der Waals surface area contributed by atoms with E-state index in [2.05, 4.69) is 38.7 Å². The van der Waals surface area contributed by atoms with Crippen molar-refractivity contribution in [2.24, 2.45) is 0 Å². The summed E-state index contributed by atoms with van der Waals surface area (Å²) in [6, 6.07) is 22.2. The molecule has 0 unspecified atom stereocenters. The van der Waals surface area contributed by atoms with Crippen LogP contribution in [0.25, 0.3) is 22.3 Å². The molecule has 4 fully saturated rings. The van der Waals surface area contributed by atoms with Crippen LogP contribution in [0.4, 0.5) is 0 Å². The molecule has 10 nitrogen and oxygen atoms in total. The molecule has 0 radical (unpaired) electrons. The molecule has 4 aromatic carbocycles. The fourth-order valence-electron chi connectivity index (χ4n) is 11.2. The van der Waals surface area contributed by atoms with Gasteiger partial charge in [0.2, 0.25) is 0 Å². The van der Waals surface area contributed by atoms with Crippen LogP contribution in [0.2, 0.25) is 10.0 Å². The van der Waals surface area contributed by atoms with E-state index < -0.39 is 18.2 Å². The molecule has 66 heavy (non-hydrogen) atoms. The normalized spacial score (nSPS) is 26.7. The number of aliphatic hydroxyl groups is 2. The second-order valence-corrected chi connectivity index (χ2v) is 20.9. The molecule has 0 aromatic heterocycles. The van der Waals surface area contributed by atoms with Crippen LogP contribution in [0, 0.1) is 27.7 Å². The predicted molar refractivity (Wildman–Crippen MR) is 265 cm³/mol. The van der Waals surface area contributed by atoms with Gasteiger partial charge in [-0.2, -0.15) is 0 Å². The average Bonchev–Trinajstić information content (AvgIpc) is 4.04. The van der Waals surface area contributed by atoms with Crippen LogP contribution < -0.4 is 16.1 Å². The first-order valence-electron chi connectivity index (χ1n) is 23.0. The Bertz CT molecular complexity index is 2520. The number of amides is 2. The van der Waals surface area contributed by atoms with Gasteiger partial charge in [0.1, 0.15) is 11.5 Å². The second kappa shape index (κ2) is 19.1. The summed E-state index contributed by atoms with van der Waals surface area (Å²) < 4.78 is 13.0. The lowest BCUT2D eigenvalue weighted by atomic mass is 9.72. The number of rotatable bonds is 4. The van der Waals surface area contributed by atoms with Gasteiger partial charge in [-0.15, -0.1) is 0 Å². The SMILES string of the molecule is Cc1cc(-c2ccc(Cl)cc2)cc(C)c1C1=C(O)C2(CCC3(CCCO3)CC2)NC1=O.Cc1cc(Br)cc(C)c1C1=C(O)C2(CCC3(CCCO3)CC2)NC1=O.OB(O)c1ccc(Cl)cc1. The molecule has 348 valence electrons. The summed E-state index contributed by atoms with van der Waals surface area (Å²) in [5.74, 6) is 0.0928. The van der Waals surface area contributed by atoms with E-state index in [-0.39, 0.29) is 34.5 Å². The standard InChI is InChI=1S/C26H28ClNO3.C20H24BrNO3.C6H6BClO2/c1-16-14-19(18-4-6-20(27)7-5-18)15-17(2)21(16)22-23(29)26(28-24(22)30)11-9-25(10-12-26)8-3-13-31-25;1-12-10-14(21)11-13(2)15(12)16-17(23)20(22-18(16)24)7-5-19(6-8-20)4-3-9-25-19;8-6-3-1-5(2-4-6)7(9)10/h4-7,14-15,29H,3,8-13H2,1-2H3,(H,28,30);10-11,23H,3-9H2,1-2H3,(H,22,24);1-4,9-10H. The lowest BCUT2D eigenvalue weighted by molar-refractivity contribution is -0.118. The number of aliphatic hydroxyl groups excluding tert-OH is 2. The van der Waals surface area contributed by atoms with E-state index in [0.717, 1.165) is 139 Å². The fourth-order valence-corrected chi connectivity index (χ4v) is 12.2. The molecule has 14 heteroatoms. The highest BCUT2D eigenvalue weighted by Crippen LogP contribution is 2.50. The second-order valence-electron chi connectivity index (χ2n) is 19.1. The monoisotopic (exact) mass is 998 g/mol. The molecule has 0 atom stereocenters. The van der Waals surface area contributed by atoms with Gasteiger partial charge in [-0.05, 0) is 191 Å². The van der Waals surface area contributed by atoms with Gasteiger partial charge in [0.25, 0.3) is 11.8 Å². The van der Waals surface area contributed by atoms with Gasteiger partial charge in [-0.1, -0.05) is 75.5 Å². The van der Waals surface area contributed by atoms with Crippen molar-refractivity contribution in [3.63, 3.8) is 0 Å². The number of aryl methyl sites for hydroxylation is 4. The molecule has 2 saturated heterocycles. The van der Waals surface area contributed by atoms with E-state index in [0.29, 0.717) is 26.7 Å². The number of carbonyl (C=O) groups is 2. The van der Waals surface area contributed by atoms with Crippen molar-refractivity contribution in [3.8, 4) is 11.1 Å². The number of halogens is 3. The maximum atomic E-state index is 13.1. The summed E-state index contributed by atoms with van der Waals surface area (Å²) in [7, 11) is -1.41. The smallest absolute Gasteiger partial charge is 0.488 e.